The first-order valence-corrected chi connectivity index (χ1v) is 3.77. The quantitative estimate of drug-likeness (QED) is 0.557. The highest BCUT2D eigenvalue weighted by molar-refractivity contribution is 5.86. The molecule has 0 aromatic rings. The van der Waals surface area contributed by atoms with Crippen LogP contribution in [0, 0.1) is 0 Å². The van der Waals surface area contributed by atoms with Gasteiger partial charge < -0.3 is 15.3 Å². The van der Waals surface area contributed by atoms with Crippen molar-refractivity contribution in [2.24, 2.45) is 0 Å². The summed E-state index contributed by atoms with van der Waals surface area (Å²) in [5.74, 6) is -1.15. The molecular weight excluding hydrogens is 172 g/mol. The Kier molecular flexibility index (Phi) is 4.76. The minimum absolute atomic E-state index is 0.0477. The summed E-state index contributed by atoms with van der Waals surface area (Å²) in [5.41, 5.74) is 0.0477. The first-order valence-electron chi connectivity index (χ1n) is 3.77. The molecule has 0 saturated carbocycles. The van der Waals surface area contributed by atoms with E-state index in [-0.39, 0.29) is 24.6 Å². The monoisotopic (exact) mass is 186 g/mol. The van der Waals surface area contributed by atoms with Gasteiger partial charge in [-0.1, -0.05) is 6.58 Å². The number of likely N-dealkylation sites (N-methyl/N-ethyl adjacent to an activating group) is 1. The standard InChI is InChI=1S/C8H14N2O3/c1-6(8(12)13)4-9-5-7(11)10(2)3/h9H,1,4-5H2,2-3H3,(H,12,13). The fraction of sp³-hybridized carbons (Fsp3) is 0.500. The zero-order valence-corrected chi connectivity index (χ0v) is 7.83. The van der Waals surface area contributed by atoms with Gasteiger partial charge in [0.05, 0.1) is 6.54 Å². The second-order valence-electron chi connectivity index (χ2n) is 2.80. The van der Waals surface area contributed by atoms with Gasteiger partial charge in [-0.15, -0.1) is 0 Å². The molecule has 0 aliphatic heterocycles. The normalized spacial score (nSPS) is 9.38. The number of rotatable bonds is 5. The summed E-state index contributed by atoms with van der Waals surface area (Å²) >= 11 is 0. The molecule has 0 bridgehead atoms. The Hall–Kier alpha value is -1.36. The van der Waals surface area contributed by atoms with Crippen LogP contribution in [0.2, 0.25) is 0 Å². The molecular formula is C8H14N2O3. The highest BCUT2D eigenvalue weighted by Gasteiger charge is 2.05. The zero-order chi connectivity index (χ0) is 10.4. The Bertz CT molecular complexity index is 223. The molecule has 0 atom stereocenters. The fourth-order valence-electron chi connectivity index (χ4n) is 0.554. The van der Waals surface area contributed by atoms with Gasteiger partial charge in [0, 0.05) is 26.2 Å². The minimum atomic E-state index is -1.05. The maximum atomic E-state index is 11.0. The third kappa shape index (κ3) is 4.97. The van der Waals surface area contributed by atoms with Crippen LogP contribution in [-0.4, -0.2) is 49.1 Å². The van der Waals surface area contributed by atoms with Crippen LogP contribution in [0.5, 0.6) is 0 Å². The Morgan fingerprint density at radius 2 is 1.92 bits per heavy atom. The van der Waals surface area contributed by atoms with Crippen LogP contribution in [0.3, 0.4) is 0 Å². The van der Waals surface area contributed by atoms with Crippen LogP contribution in [0.4, 0.5) is 0 Å². The highest BCUT2D eigenvalue weighted by Crippen LogP contribution is 1.86. The Morgan fingerprint density at radius 3 is 2.31 bits per heavy atom. The van der Waals surface area contributed by atoms with Crippen LogP contribution in [0.15, 0.2) is 12.2 Å². The van der Waals surface area contributed by atoms with E-state index in [4.69, 9.17) is 5.11 Å². The van der Waals surface area contributed by atoms with E-state index in [9.17, 15) is 9.59 Å². The van der Waals surface area contributed by atoms with Crippen LogP contribution < -0.4 is 5.32 Å². The molecule has 0 rings (SSSR count). The number of nitrogens with one attached hydrogen (secondary N) is 1. The van der Waals surface area contributed by atoms with Crippen molar-refractivity contribution in [1.82, 2.24) is 10.2 Å². The van der Waals surface area contributed by atoms with Crippen molar-refractivity contribution in [3.63, 3.8) is 0 Å². The number of hydrogen-bond acceptors (Lipinski definition) is 3. The lowest BCUT2D eigenvalue weighted by Crippen LogP contribution is -2.34. The van der Waals surface area contributed by atoms with Crippen molar-refractivity contribution in [2.45, 2.75) is 0 Å². The fourth-order valence-corrected chi connectivity index (χ4v) is 0.554. The third-order valence-electron chi connectivity index (χ3n) is 1.42. The first kappa shape index (κ1) is 11.6. The summed E-state index contributed by atoms with van der Waals surface area (Å²) in [5, 5.41) is 11.1. The van der Waals surface area contributed by atoms with Gasteiger partial charge >= 0.3 is 5.97 Å². The molecule has 0 heterocycles. The van der Waals surface area contributed by atoms with Gasteiger partial charge in [0.15, 0.2) is 0 Å². The van der Waals surface area contributed by atoms with E-state index >= 15 is 0 Å². The van der Waals surface area contributed by atoms with E-state index < -0.39 is 5.97 Å². The Labute approximate surface area is 77.0 Å². The zero-order valence-electron chi connectivity index (χ0n) is 7.83. The van der Waals surface area contributed by atoms with Gasteiger partial charge in [0.25, 0.3) is 0 Å². The predicted molar refractivity (Wildman–Crippen MR) is 48.3 cm³/mol. The topological polar surface area (TPSA) is 69.6 Å². The molecule has 0 radical (unpaired) electrons. The van der Waals surface area contributed by atoms with Crippen molar-refractivity contribution in [3.8, 4) is 0 Å². The van der Waals surface area contributed by atoms with Crippen LogP contribution in [0.25, 0.3) is 0 Å². The largest absolute Gasteiger partial charge is 0.478 e. The molecule has 2 N–H and O–H groups in total. The molecule has 74 valence electrons. The van der Waals surface area contributed by atoms with Gasteiger partial charge in [-0.05, 0) is 0 Å². The second-order valence-corrected chi connectivity index (χ2v) is 2.80. The summed E-state index contributed by atoms with van der Waals surface area (Å²) in [7, 11) is 3.27. The number of carbonyl (C=O) groups is 2. The van der Waals surface area contributed by atoms with Crippen LogP contribution in [0.1, 0.15) is 0 Å². The molecule has 0 aromatic heterocycles. The molecule has 13 heavy (non-hydrogen) atoms. The minimum Gasteiger partial charge on any atom is -0.478 e. The molecule has 5 nitrogen and oxygen atoms in total. The molecule has 0 aromatic carbocycles. The summed E-state index contributed by atoms with van der Waals surface area (Å²) in [6.07, 6.45) is 0. The number of carboxylic acids is 1. The number of aliphatic carboxylic acids is 1. The smallest absolute Gasteiger partial charge is 0.332 e. The van der Waals surface area contributed by atoms with Crippen molar-refractivity contribution < 1.29 is 14.7 Å². The van der Waals surface area contributed by atoms with Gasteiger partial charge in [-0.25, -0.2) is 4.79 Å². The average Bonchev–Trinajstić information content (AvgIpc) is 2.03. The summed E-state index contributed by atoms with van der Waals surface area (Å²) < 4.78 is 0. The van der Waals surface area contributed by atoms with Gasteiger partial charge in [0.1, 0.15) is 0 Å². The van der Waals surface area contributed by atoms with E-state index in [1.165, 1.54) is 4.90 Å². The van der Waals surface area contributed by atoms with E-state index in [0.717, 1.165) is 0 Å². The summed E-state index contributed by atoms with van der Waals surface area (Å²) in [6, 6.07) is 0. The summed E-state index contributed by atoms with van der Waals surface area (Å²) in [4.78, 5) is 22.7. The summed E-state index contributed by atoms with van der Waals surface area (Å²) in [6.45, 7) is 3.55. The maximum Gasteiger partial charge on any atom is 0.332 e. The predicted octanol–water partition coefficient (Wildman–Crippen LogP) is -0.695. The Morgan fingerprint density at radius 1 is 1.38 bits per heavy atom. The SMILES string of the molecule is C=C(CNCC(=O)N(C)C)C(=O)O. The van der Waals surface area contributed by atoms with Crippen molar-refractivity contribution in [3.05, 3.63) is 12.2 Å². The second kappa shape index (κ2) is 5.31. The number of hydrogen-bond donors (Lipinski definition) is 2. The van der Waals surface area contributed by atoms with E-state index in [0.29, 0.717) is 0 Å². The van der Waals surface area contributed by atoms with E-state index in [2.05, 4.69) is 11.9 Å². The number of nitrogens with zero attached hydrogens (tertiary/aromatic N) is 1. The lowest BCUT2D eigenvalue weighted by atomic mass is 10.3. The lowest BCUT2D eigenvalue weighted by molar-refractivity contribution is -0.133. The molecule has 0 aliphatic carbocycles. The third-order valence-corrected chi connectivity index (χ3v) is 1.42. The first-order chi connectivity index (χ1) is 5.95. The van der Waals surface area contributed by atoms with Gasteiger partial charge in [0.2, 0.25) is 5.91 Å². The molecule has 1 amide bonds. The van der Waals surface area contributed by atoms with E-state index in [1.54, 1.807) is 14.1 Å². The molecule has 0 unspecified atom stereocenters. The van der Waals surface area contributed by atoms with Crippen LogP contribution in [-0.2, 0) is 9.59 Å². The lowest BCUT2D eigenvalue weighted by Gasteiger charge is -2.10. The number of carbonyl (C=O) groups excluding carboxylic acids is 1. The maximum absolute atomic E-state index is 11.0. The molecule has 5 heteroatoms. The molecule has 0 aliphatic rings. The van der Waals surface area contributed by atoms with Gasteiger partial charge in [-0.3, -0.25) is 4.79 Å². The Balaban J connectivity index is 3.63. The van der Waals surface area contributed by atoms with Crippen molar-refractivity contribution in [1.29, 1.82) is 0 Å². The van der Waals surface area contributed by atoms with Crippen LogP contribution >= 0.6 is 0 Å². The highest BCUT2D eigenvalue weighted by atomic mass is 16.4. The molecule has 0 saturated heterocycles. The van der Waals surface area contributed by atoms with E-state index in [1.807, 2.05) is 0 Å². The van der Waals surface area contributed by atoms with Gasteiger partial charge in [-0.2, -0.15) is 0 Å². The average molecular weight is 186 g/mol. The number of carboxylic acid groups (broad SMARTS) is 1. The number of amides is 1. The molecule has 0 spiro atoms. The van der Waals surface area contributed by atoms with Crippen molar-refractivity contribution in [2.75, 3.05) is 27.2 Å². The van der Waals surface area contributed by atoms with Crippen molar-refractivity contribution >= 4 is 11.9 Å². The molecule has 0 fully saturated rings.